The molecule has 1 fully saturated rings. The number of likely N-dealkylation sites (tertiary alicyclic amines) is 1. The molecule has 12 heavy (non-hydrogen) atoms. The van der Waals surface area contributed by atoms with E-state index in [2.05, 4.69) is 0 Å². The number of nitrogens with zero attached hydrogens (tertiary/aromatic N) is 1. The van der Waals surface area contributed by atoms with E-state index in [4.69, 9.17) is 10.2 Å². The van der Waals surface area contributed by atoms with Crippen molar-refractivity contribution in [2.75, 3.05) is 26.8 Å². The molecular weight excluding hydrogens is 158 g/mol. The van der Waals surface area contributed by atoms with Gasteiger partial charge < -0.3 is 15.1 Å². The van der Waals surface area contributed by atoms with E-state index in [1.807, 2.05) is 7.05 Å². The zero-order valence-electron chi connectivity index (χ0n) is 7.49. The minimum absolute atomic E-state index is 0.0938. The molecule has 1 rings (SSSR count). The molecule has 1 amide bonds. The maximum absolute atomic E-state index is 10.5. The van der Waals surface area contributed by atoms with Crippen molar-refractivity contribution in [2.24, 2.45) is 0 Å². The summed E-state index contributed by atoms with van der Waals surface area (Å²) in [5.41, 5.74) is 0. The molecule has 0 aromatic heterocycles. The molecule has 1 heterocycles. The highest BCUT2D eigenvalue weighted by Gasteiger charge is 2.14. The molecule has 0 aromatic rings. The molecule has 0 aromatic carbocycles. The highest BCUT2D eigenvalue weighted by molar-refractivity contribution is 5.77. The van der Waals surface area contributed by atoms with Crippen LogP contribution in [0.3, 0.4) is 0 Å². The predicted molar refractivity (Wildman–Crippen MR) is 45.7 cm³/mol. The molecule has 0 bridgehead atoms. The van der Waals surface area contributed by atoms with Crippen LogP contribution in [0.1, 0.15) is 19.3 Å². The second-order valence-electron chi connectivity index (χ2n) is 2.72. The standard InChI is InChI=1S/C5H9NO.C3H8O2/c1-6-4-2-3-5(6)7;4-2-1-3-5/h2-4H2,1H3;4-5H,1-3H2. The summed E-state index contributed by atoms with van der Waals surface area (Å²) in [5, 5.41) is 15.8. The summed E-state index contributed by atoms with van der Waals surface area (Å²) in [7, 11) is 1.84. The van der Waals surface area contributed by atoms with Gasteiger partial charge in [-0.2, -0.15) is 0 Å². The lowest BCUT2D eigenvalue weighted by molar-refractivity contribution is -0.126. The fourth-order valence-electron chi connectivity index (χ4n) is 0.854. The van der Waals surface area contributed by atoms with Crippen LogP contribution < -0.4 is 0 Å². The van der Waals surface area contributed by atoms with Crippen LogP contribution in [-0.2, 0) is 4.79 Å². The fraction of sp³-hybridized carbons (Fsp3) is 0.875. The number of carbonyl (C=O) groups is 1. The number of aliphatic hydroxyl groups excluding tert-OH is 2. The van der Waals surface area contributed by atoms with Crippen molar-refractivity contribution in [2.45, 2.75) is 19.3 Å². The third-order valence-corrected chi connectivity index (χ3v) is 1.63. The topological polar surface area (TPSA) is 60.8 Å². The average Bonchev–Trinajstić information content (AvgIpc) is 2.39. The van der Waals surface area contributed by atoms with E-state index in [0.717, 1.165) is 19.4 Å². The van der Waals surface area contributed by atoms with Crippen LogP contribution in [0.25, 0.3) is 0 Å². The van der Waals surface area contributed by atoms with E-state index < -0.39 is 0 Å². The third-order valence-electron chi connectivity index (χ3n) is 1.63. The quantitative estimate of drug-likeness (QED) is 0.600. The number of carbonyl (C=O) groups excluding carboxylic acids is 1. The van der Waals surface area contributed by atoms with E-state index >= 15 is 0 Å². The van der Waals surface area contributed by atoms with Gasteiger partial charge in [0.2, 0.25) is 5.91 Å². The normalized spacial score (nSPS) is 15.9. The van der Waals surface area contributed by atoms with Crippen LogP contribution in [-0.4, -0.2) is 47.8 Å². The van der Waals surface area contributed by atoms with Crippen molar-refractivity contribution in [3.63, 3.8) is 0 Å². The molecule has 1 saturated heterocycles. The number of hydrogen-bond acceptors (Lipinski definition) is 3. The monoisotopic (exact) mass is 175 g/mol. The first-order valence-electron chi connectivity index (χ1n) is 4.18. The minimum Gasteiger partial charge on any atom is -0.396 e. The number of hydrogen-bond donors (Lipinski definition) is 2. The minimum atomic E-state index is 0.0938. The van der Waals surface area contributed by atoms with Crippen LogP contribution in [0.15, 0.2) is 0 Å². The van der Waals surface area contributed by atoms with Crippen molar-refractivity contribution in [3.8, 4) is 0 Å². The van der Waals surface area contributed by atoms with Gasteiger partial charge in [-0.05, 0) is 12.8 Å². The highest BCUT2D eigenvalue weighted by Crippen LogP contribution is 2.04. The Balaban J connectivity index is 0.000000217. The zero-order valence-corrected chi connectivity index (χ0v) is 7.49. The van der Waals surface area contributed by atoms with E-state index in [-0.39, 0.29) is 13.2 Å². The van der Waals surface area contributed by atoms with Crippen molar-refractivity contribution in [1.82, 2.24) is 4.90 Å². The summed E-state index contributed by atoms with van der Waals surface area (Å²) >= 11 is 0. The van der Waals surface area contributed by atoms with Crippen molar-refractivity contribution in [1.29, 1.82) is 0 Å². The molecule has 0 radical (unpaired) electrons. The molecule has 0 spiro atoms. The van der Waals surface area contributed by atoms with Crippen molar-refractivity contribution < 1.29 is 15.0 Å². The molecule has 72 valence electrons. The van der Waals surface area contributed by atoms with Crippen LogP contribution in [0.4, 0.5) is 0 Å². The third kappa shape index (κ3) is 5.09. The Kier molecular flexibility index (Phi) is 6.70. The maximum atomic E-state index is 10.5. The van der Waals surface area contributed by atoms with Gasteiger partial charge in [0.15, 0.2) is 0 Å². The molecule has 0 aliphatic carbocycles. The van der Waals surface area contributed by atoms with E-state index in [1.54, 1.807) is 4.90 Å². The lowest BCUT2D eigenvalue weighted by atomic mass is 10.4. The first-order chi connectivity index (χ1) is 5.72. The van der Waals surface area contributed by atoms with E-state index in [1.165, 1.54) is 0 Å². The second-order valence-corrected chi connectivity index (χ2v) is 2.72. The first-order valence-corrected chi connectivity index (χ1v) is 4.18. The summed E-state index contributed by atoms with van der Waals surface area (Å²) in [4.78, 5) is 12.3. The van der Waals surface area contributed by atoms with Crippen molar-refractivity contribution in [3.05, 3.63) is 0 Å². The Hall–Kier alpha value is -0.610. The molecule has 1 aliphatic heterocycles. The molecule has 0 atom stereocenters. The van der Waals surface area contributed by atoms with E-state index in [9.17, 15) is 4.79 Å². The SMILES string of the molecule is CN1CCCC1=O.OCCCO. The summed E-state index contributed by atoms with van der Waals surface area (Å²) in [6.45, 7) is 1.14. The Morgan fingerprint density at radius 3 is 2.08 bits per heavy atom. The van der Waals surface area contributed by atoms with Gasteiger partial charge in [0, 0.05) is 33.2 Å². The van der Waals surface area contributed by atoms with E-state index in [0.29, 0.717) is 12.3 Å². The molecule has 0 unspecified atom stereocenters. The van der Waals surface area contributed by atoms with Crippen molar-refractivity contribution >= 4 is 5.91 Å². The summed E-state index contributed by atoms with van der Waals surface area (Å²) in [6.07, 6.45) is 2.31. The number of amides is 1. The van der Waals surface area contributed by atoms with Crippen LogP contribution in [0, 0.1) is 0 Å². The predicted octanol–water partition coefficient (Wildman–Crippen LogP) is -0.400. The van der Waals surface area contributed by atoms with Crippen LogP contribution in [0.5, 0.6) is 0 Å². The lowest BCUT2D eigenvalue weighted by Gasteiger charge is -2.03. The van der Waals surface area contributed by atoms with Crippen LogP contribution in [0.2, 0.25) is 0 Å². The molecular formula is C8H17NO3. The van der Waals surface area contributed by atoms with Gasteiger partial charge in [-0.25, -0.2) is 0 Å². The zero-order chi connectivity index (χ0) is 9.40. The van der Waals surface area contributed by atoms with Gasteiger partial charge in [0.25, 0.3) is 0 Å². The van der Waals surface area contributed by atoms with Gasteiger partial charge in [0.05, 0.1) is 0 Å². The van der Waals surface area contributed by atoms with Gasteiger partial charge in [-0.3, -0.25) is 4.79 Å². The molecule has 4 heteroatoms. The maximum Gasteiger partial charge on any atom is 0.222 e. The first kappa shape index (κ1) is 11.4. The molecule has 4 nitrogen and oxygen atoms in total. The average molecular weight is 175 g/mol. The summed E-state index contributed by atoms with van der Waals surface area (Å²) in [6, 6.07) is 0. The Bertz CT molecular complexity index is 125. The second kappa shape index (κ2) is 7.06. The smallest absolute Gasteiger partial charge is 0.222 e. The molecule has 1 aliphatic rings. The van der Waals surface area contributed by atoms with Gasteiger partial charge >= 0.3 is 0 Å². The largest absolute Gasteiger partial charge is 0.396 e. The van der Waals surface area contributed by atoms with Gasteiger partial charge in [0.1, 0.15) is 0 Å². The number of aliphatic hydroxyl groups is 2. The Labute approximate surface area is 72.8 Å². The fourth-order valence-corrected chi connectivity index (χ4v) is 0.854. The summed E-state index contributed by atoms with van der Waals surface area (Å²) < 4.78 is 0. The van der Waals surface area contributed by atoms with Gasteiger partial charge in [-0.1, -0.05) is 0 Å². The molecule has 0 saturated carbocycles. The molecule has 2 N–H and O–H groups in total. The number of rotatable bonds is 2. The Morgan fingerprint density at radius 2 is 2.00 bits per heavy atom. The van der Waals surface area contributed by atoms with Gasteiger partial charge in [-0.15, -0.1) is 0 Å². The Morgan fingerprint density at radius 1 is 1.42 bits per heavy atom. The lowest BCUT2D eigenvalue weighted by Crippen LogP contribution is -2.17. The van der Waals surface area contributed by atoms with Crippen LogP contribution >= 0.6 is 0 Å². The summed E-state index contributed by atoms with van der Waals surface area (Å²) in [5.74, 6) is 0.292. The highest BCUT2D eigenvalue weighted by atomic mass is 16.3.